The Hall–Kier alpha value is -0.860. The fraction of sp³-hybridized carbons (Fsp3) is 0.400. The molecule has 3 nitrogen and oxygen atoms in total. The van der Waals surface area contributed by atoms with E-state index in [1.165, 1.54) is 0 Å². The summed E-state index contributed by atoms with van der Waals surface area (Å²) in [7, 11) is -3.71. The van der Waals surface area contributed by atoms with Crippen molar-refractivity contribution in [3.63, 3.8) is 0 Å². The fourth-order valence-electron chi connectivity index (χ4n) is 1.29. The van der Waals surface area contributed by atoms with E-state index in [1.54, 1.807) is 0 Å². The quantitative estimate of drug-likeness (QED) is 0.632. The fourth-order valence-corrected chi connectivity index (χ4v) is 1.88. The third-order valence-corrected chi connectivity index (χ3v) is 3.12. The van der Waals surface area contributed by atoms with Crippen LogP contribution < -0.4 is 0 Å². The molecule has 0 spiro atoms. The van der Waals surface area contributed by atoms with Gasteiger partial charge in [0.1, 0.15) is 5.82 Å². The Bertz CT molecular complexity index is 569. The zero-order valence-electron chi connectivity index (χ0n) is 9.59. The lowest BCUT2D eigenvalue weighted by Crippen LogP contribution is -2.10. The van der Waals surface area contributed by atoms with E-state index in [9.17, 15) is 26.0 Å². The van der Waals surface area contributed by atoms with Crippen molar-refractivity contribution in [2.45, 2.75) is 12.6 Å². The van der Waals surface area contributed by atoms with Gasteiger partial charge in [-0.3, -0.25) is 4.18 Å². The molecule has 0 N–H and O–H groups in total. The molecular weight excluding hydrogens is 312 g/mol. The molecule has 0 bridgehead atoms. The maximum absolute atomic E-state index is 13.2. The molecule has 0 saturated heterocycles. The SMILES string of the molecule is CS(=O)(=O)OCCc1cc(C(F)(F)F)cc(F)c1Cl. The third-order valence-electron chi connectivity index (χ3n) is 2.10. The van der Waals surface area contributed by atoms with E-state index in [1.807, 2.05) is 0 Å². The minimum absolute atomic E-state index is 0.169. The van der Waals surface area contributed by atoms with E-state index < -0.39 is 39.3 Å². The Labute approximate surface area is 112 Å². The molecular formula is C10H9ClF4O3S. The van der Waals surface area contributed by atoms with Gasteiger partial charge in [-0.05, 0) is 24.1 Å². The van der Waals surface area contributed by atoms with Crippen LogP contribution in [-0.4, -0.2) is 21.3 Å². The molecule has 1 aromatic carbocycles. The number of hydrogen-bond acceptors (Lipinski definition) is 3. The van der Waals surface area contributed by atoms with E-state index >= 15 is 0 Å². The van der Waals surface area contributed by atoms with Crippen LogP contribution in [0.1, 0.15) is 11.1 Å². The Morgan fingerprint density at radius 3 is 2.37 bits per heavy atom. The predicted molar refractivity (Wildman–Crippen MR) is 60.9 cm³/mol. The van der Waals surface area contributed by atoms with Crippen LogP contribution in [0.5, 0.6) is 0 Å². The van der Waals surface area contributed by atoms with Crippen LogP contribution in [0.15, 0.2) is 12.1 Å². The maximum atomic E-state index is 13.2. The van der Waals surface area contributed by atoms with Gasteiger partial charge in [0.25, 0.3) is 10.1 Å². The van der Waals surface area contributed by atoms with Crippen LogP contribution in [0.4, 0.5) is 17.6 Å². The van der Waals surface area contributed by atoms with Crippen molar-refractivity contribution in [1.29, 1.82) is 0 Å². The molecule has 19 heavy (non-hydrogen) atoms. The van der Waals surface area contributed by atoms with Gasteiger partial charge in [-0.1, -0.05) is 11.6 Å². The molecule has 0 saturated carbocycles. The first-order valence-electron chi connectivity index (χ1n) is 4.90. The Morgan fingerprint density at radius 2 is 1.89 bits per heavy atom. The largest absolute Gasteiger partial charge is 0.416 e. The predicted octanol–water partition coefficient (Wildman–Crippen LogP) is 3.02. The Balaban J connectivity index is 2.97. The highest BCUT2D eigenvalue weighted by molar-refractivity contribution is 7.85. The van der Waals surface area contributed by atoms with Gasteiger partial charge in [-0.15, -0.1) is 0 Å². The molecule has 1 rings (SSSR count). The molecule has 0 aliphatic rings. The van der Waals surface area contributed by atoms with E-state index in [0.29, 0.717) is 6.07 Å². The molecule has 0 amide bonds. The first kappa shape index (κ1) is 16.2. The Morgan fingerprint density at radius 1 is 1.32 bits per heavy atom. The lowest BCUT2D eigenvalue weighted by molar-refractivity contribution is -0.137. The summed E-state index contributed by atoms with van der Waals surface area (Å²) in [5.41, 5.74) is -1.36. The molecule has 0 aliphatic carbocycles. The highest BCUT2D eigenvalue weighted by Crippen LogP contribution is 2.33. The second-order valence-electron chi connectivity index (χ2n) is 3.71. The van der Waals surface area contributed by atoms with Crippen LogP contribution >= 0.6 is 11.6 Å². The van der Waals surface area contributed by atoms with Crippen molar-refractivity contribution < 1.29 is 30.2 Å². The lowest BCUT2D eigenvalue weighted by Gasteiger charge is -2.11. The summed E-state index contributed by atoms with van der Waals surface area (Å²) in [5, 5.41) is -0.481. The van der Waals surface area contributed by atoms with Crippen LogP contribution in [0.3, 0.4) is 0 Å². The summed E-state index contributed by atoms with van der Waals surface area (Å²) >= 11 is 5.52. The number of halogens is 5. The number of hydrogen-bond donors (Lipinski definition) is 0. The smallest absolute Gasteiger partial charge is 0.270 e. The number of benzene rings is 1. The summed E-state index contributed by atoms with van der Waals surface area (Å²) < 4.78 is 76.3. The lowest BCUT2D eigenvalue weighted by atomic mass is 10.1. The summed E-state index contributed by atoms with van der Waals surface area (Å²) in [4.78, 5) is 0. The van der Waals surface area contributed by atoms with Gasteiger partial charge in [0, 0.05) is 0 Å². The van der Waals surface area contributed by atoms with E-state index in [2.05, 4.69) is 4.18 Å². The first-order chi connectivity index (χ1) is 8.50. The third kappa shape index (κ3) is 4.96. The van der Waals surface area contributed by atoms with Crippen LogP contribution in [0, 0.1) is 5.82 Å². The topological polar surface area (TPSA) is 43.4 Å². The summed E-state index contributed by atoms with van der Waals surface area (Å²) in [6.45, 7) is -0.417. The van der Waals surface area contributed by atoms with Gasteiger partial charge >= 0.3 is 6.18 Å². The van der Waals surface area contributed by atoms with Crippen molar-refractivity contribution in [1.82, 2.24) is 0 Å². The number of alkyl halides is 3. The van der Waals surface area contributed by atoms with Crippen molar-refractivity contribution in [2.24, 2.45) is 0 Å². The monoisotopic (exact) mass is 320 g/mol. The molecule has 108 valence electrons. The van der Waals surface area contributed by atoms with Gasteiger partial charge < -0.3 is 0 Å². The normalized spacial score (nSPS) is 12.7. The van der Waals surface area contributed by atoms with Gasteiger partial charge in [0.05, 0.1) is 23.4 Å². The maximum Gasteiger partial charge on any atom is 0.416 e. The molecule has 0 aliphatic heterocycles. The minimum atomic E-state index is -4.71. The molecule has 0 unspecified atom stereocenters. The molecule has 0 heterocycles. The van der Waals surface area contributed by atoms with Crippen LogP contribution in [0.25, 0.3) is 0 Å². The minimum Gasteiger partial charge on any atom is -0.270 e. The summed E-state index contributed by atoms with van der Waals surface area (Å²) in [6, 6.07) is 0.945. The average molecular weight is 321 g/mol. The second-order valence-corrected chi connectivity index (χ2v) is 5.73. The van der Waals surface area contributed by atoms with Crippen molar-refractivity contribution >= 4 is 21.7 Å². The molecule has 0 atom stereocenters. The zero-order chi connectivity index (χ0) is 14.8. The summed E-state index contributed by atoms with van der Waals surface area (Å²) in [6.07, 6.45) is -4.17. The van der Waals surface area contributed by atoms with Gasteiger partial charge in [0.2, 0.25) is 0 Å². The van der Waals surface area contributed by atoms with Crippen LogP contribution in [0.2, 0.25) is 5.02 Å². The molecule has 1 aromatic rings. The zero-order valence-corrected chi connectivity index (χ0v) is 11.2. The van der Waals surface area contributed by atoms with Gasteiger partial charge in [-0.25, -0.2) is 4.39 Å². The highest BCUT2D eigenvalue weighted by Gasteiger charge is 2.32. The van der Waals surface area contributed by atoms with Crippen molar-refractivity contribution in [2.75, 3.05) is 12.9 Å². The molecule has 0 radical (unpaired) electrons. The van der Waals surface area contributed by atoms with Gasteiger partial charge in [0.15, 0.2) is 0 Å². The van der Waals surface area contributed by atoms with E-state index in [-0.39, 0.29) is 18.1 Å². The average Bonchev–Trinajstić information content (AvgIpc) is 2.20. The van der Waals surface area contributed by atoms with Crippen LogP contribution in [-0.2, 0) is 26.9 Å². The first-order valence-corrected chi connectivity index (χ1v) is 7.09. The molecule has 0 fully saturated rings. The second kappa shape index (κ2) is 5.64. The van der Waals surface area contributed by atoms with Gasteiger partial charge in [-0.2, -0.15) is 21.6 Å². The van der Waals surface area contributed by atoms with E-state index in [4.69, 9.17) is 11.6 Å². The number of rotatable bonds is 4. The standard InChI is InChI=1S/C10H9ClF4O3S/c1-19(16,17)18-3-2-6-4-7(10(13,14)15)5-8(12)9(6)11/h4-5H,2-3H2,1H3. The Kier molecular flexibility index (Phi) is 4.81. The van der Waals surface area contributed by atoms with Crippen molar-refractivity contribution in [3.8, 4) is 0 Å². The molecule has 9 heteroatoms. The van der Waals surface area contributed by atoms with E-state index in [0.717, 1.165) is 6.26 Å². The summed E-state index contributed by atoms with van der Waals surface area (Å²) in [5.74, 6) is -1.22. The molecule has 0 aromatic heterocycles. The van der Waals surface area contributed by atoms with Crippen molar-refractivity contribution in [3.05, 3.63) is 34.1 Å². The highest BCUT2D eigenvalue weighted by atomic mass is 35.5.